The standard InChI is InChI=1S/C13H9BrFNO3/c1-7-2-3-11(9(4-7)13(17)18)19-12-10(15)5-8(14)6-16-12/h2-6H,1H3,(H,17,18). The average Bonchev–Trinajstić information content (AvgIpc) is 2.34. The van der Waals surface area contributed by atoms with Gasteiger partial charge < -0.3 is 9.84 Å². The molecule has 2 rings (SSSR count). The van der Waals surface area contributed by atoms with Gasteiger partial charge in [0.05, 0.1) is 0 Å². The van der Waals surface area contributed by atoms with Crippen molar-refractivity contribution in [2.45, 2.75) is 6.92 Å². The lowest BCUT2D eigenvalue weighted by atomic mass is 10.1. The van der Waals surface area contributed by atoms with Crippen molar-refractivity contribution in [2.24, 2.45) is 0 Å². The van der Waals surface area contributed by atoms with Gasteiger partial charge in [0.1, 0.15) is 11.3 Å². The van der Waals surface area contributed by atoms with E-state index in [1.54, 1.807) is 13.0 Å². The third-order valence-corrected chi connectivity index (χ3v) is 2.78. The Kier molecular flexibility index (Phi) is 3.80. The van der Waals surface area contributed by atoms with Crippen molar-refractivity contribution in [3.05, 3.63) is 51.9 Å². The first kappa shape index (κ1) is 13.5. The summed E-state index contributed by atoms with van der Waals surface area (Å²) in [7, 11) is 0. The molecular formula is C13H9BrFNO3. The number of carboxylic acids is 1. The average molecular weight is 326 g/mol. The largest absolute Gasteiger partial charge is 0.478 e. The van der Waals surface area contributed by atoms with Crippen LogP contribution in [0.25, 0.3) is 0 Å². The molecule has 0 aliphatic carbocycles. The molecule has 1 aromatic heterocycles. The van der Waals surface area contributed by atoms with Gasteiger partial charge in [0.25, 0.3) is 5.88 Å². The van der Waals surface area contributed by atoms with E-state index in [1.807, 2.05) is 0 Å². The van der Waals surface area contributed by atoms with Crippen LogP contribution in [0.1, 0.15) is 15.9 Å². The van der Waals surface area contributed by atoms with E-state index in [9.17, 15) is 9.18 Å². The van der Waals surface area contributed by atoms with E-state index in [2.05, 4.69) is 20.9 Å². The summed E-state index contributed by atoms with van der Waals surface area (Å²) in [4.78, 5) is 14.9. The molecule has 0 bridgehead atoms. The van der Waals surface area contributed by atoms with Crippen LogP contribution in [-0.4, -0.2) is 16.1 Å². The molecule has 1 aromatic carbocycles. The van der Waals surface area contributed by atoms with Crippen LogP contribution in [-0.2, 0) is 0 Å². The molecule has 0 atom stereocenters. The first-order valence-corrected chi connectivity index (χ1v) is 6.09. The van der Waals surface area contributed by atoms with Crippen molar-refractivity contribution >= 4 is 21.9 Å². The van der Waals surface area contributed by atoms with Gasteiger partial charge in [0, 0.05) is 10.7 Å². The Balaban J connectivity index is 2.40. The Labute approximate surface area is 117 Å². The molecule has 4 nitrogen and oxygen atoms in total. The van der Waals surface area contributed by atoms with Crippen molar-refractivity contribution in [1.82, 2.24) is 4.98 Å². The highest BCUT2D eigenvalue weighted by Crippen LogP contribution is 2.27. The van der Waals surface area contributed by atoms with E-state index in [0.29, 0.717) is 4.47 Å². The molecule has 19 heavy (non-hydrogen) atoms. The van der Waals surface area contributed by atoms with Gasteiger partial charge in [-0.05, 0) is 41.1 Å². The van der Waals surface area contributed by atoms with E-state index in [0.717, 1.165) is 5.56 Å². The highest BCUT2D eigenvalue weighted by atomic mass is 79.9. The second kappa shape index (κ2) is 5.36. The predicted octanol–water partition coefficient (Wildman–Crippen LogP) is 3.78. The molecule has 0 fully saturated rings. The van der Waals surface area contributed by atoms with Crippen LogP contribution in [0.5, 0.6) is 11.6 Å². The number of hydrogen-bond donors (Lipinski definition) is 1. The molecule has 0 aliphatic heterocycles. The van der Waals surface area contributed by atoms with Gasteiger partial charge in [-0.15, -0.1) is 0 Å². The van der Waals surface area contributed by atoms with Crippen molar-refractivity contribution in [3.63, 3.8) is 0 Å². The number of rotatable bonds is 3. The van der Waals surface area contributed by atoms with Crippen LogP contribution in [0.2, 0.25) is 0 Å². The number of carbonyl (C=O) groups is 1. The quantitative estimate of drug-likeness (QED) is 0.932. The molecule has 2 aromatic rings. The van der Waals surface area contributed by atoms with Crippen LogP contribution in [0.15, 0.2) is 34.9 Å². The molecule has 0 radical (unpaired) electrons. The molecule has 0 aliphatic rings. The number of ether oxygens (including phenoxy) is 1. The lowest BCUT2D eigenvalue weighted by molar-refractivity contribution is 0.0694. The topological polar surface area (TPSA) is 59.4 Å². The Morgan fingerprint density at radius 3 is 2.79 bits per heavy atom. The summed E-state index contributed by atoms with van der Waals surface area (Å²) in [5.41, 5.74) is 0.734. The summed E-state index contributed by atoms with van der Waals surface area (Å²) >= 11 is 3.08. The molecule has 1 heterocycles. The minimum atomic E-state index is -1.14. The van der Waals surface area contributed by atoms with Crippen molar-refractivity contribution in [1.29, 1.82) is 0 Å². The van der Waals surface area contributed by atoms with Crippen molar-refractivity contribution < 1.29 is 19.0 Å². The van der Waals surface area contributed by atoms with Gasteiger partial charge in [-0.2, -0.15) is 0 Å². The molecule has 0 amide bonds. The third-order valence-electron chi connectivity index (χ3n) is 2.35. The van der Waals surface area contributed by atoms with Crippen molar-refractivity contribution in [2.75, 3.05) is 0 Å². The minimum absolute atomic E-state index is 0.0379. The molecule has 6 heteroatoms. The lowest BCUT2D eigenvalue weighted by Crippen LogP contribution is -2.02. The fraction of sp³-hybridized carbons (Fsp3) is 0.0769. The van der Waals surface area contributed by atoms with E-state index < -0.39 is 11.8 Å². The van der Waals surface area contributed by atoms with Crippen molar-refractivity contribution in [3.8, 4) is 11.6 Å². The Bertz CT molecular complexity index is 646. The lowest BCUT2D eigenvalue weighted by Gasteiger charge is -2.09. The zero-order chi connectivity index (χ0) is 14.0. The highest BCUT2D eigenvalue weighted by molar-refractivity contribution is 9.10. The Morgan fingerprint density at radius 2 is 2.16 bits per heavy atom. The second-order valence-electron chi connectivity index (χ2n) is 3.85. The summed E-state index contributed by atoms with van der Waals surface area (Å²) in [6.45, 7) is 1.76. The number of benzene rings is 1. The molecule has 0 saturated heterocycles. The first-order chi connectivity index (χ1) is 8.97. The fourth-order valence-electron chi connectivity index (χ4n) is 1.48. The number of pyridine rings is 1. The summed E-state index contributed by atoms with van der Waals surface area (Å²) in [5.74, 6) is -2.04. The normalized spacial score (nSPS) is 10.3. The zero-order valence-electron chi connectivity index (χ0n) is 9.85. The summed E-state index contributed by atoms with van der Waals surface area (Å²) in [5, 5.41) is 9.08. The molecule has 0 saturated carbocycles. The van der Waals surface area contributed by atoms with Gasteiger partial charge in [-0.25, -0.2) is 14.2 Å². The third kappa shape index (κ3) is 3.08. The van der Waals surface area contributed by atoms with Crippen LogP contribution in [0, 0.1) is 12.7 Å². The fourth-order valence-corrected chi connectivity index (χ4v) is 1.78. The molecule has 1 N–H and O–H groups in total. The maximum atomic E-state index is 13.6. The van der Waals surface area contributed by atoms with Crippen LogP contribution in [0.4, 0.5) is 4.39 Å². The van der Waals surface area contributed by atoms with Crippen LogP contribution < -0.4 is 4.74 Å². The van der Waals surface area contributed by atoms with E-state index in [4.69, 9.17) is 9.84 Å². The number of carboxylic acid groups (broad SMARTS) is 1. The molecule has 0 spiro atoms. The first-order valence-electron chi connectivity index (χ1n) is 5.30. The highest BCUT2D eigenvalue weighted by Gasteiger charge is 2.15. The van der Waals surface area contributed by atoms with Gasteiger partial charge in [0.15, 0.2) is 5.82 Å². The number of halogens is 2. The molecule has 98 valence electrons. The summed E-state index contributed by atoms with van der Waals surface area (Å²) < 4.78 is 19.3. The molecular weight excluding hydrogens is 317 g/mol. The number of aryl methyl sites for hydroxylation is 1. The second-order valence-corrected chi connectivity index (χ2v) is 4.76. The monoisotopic (exact) mass is 325 g/mol. The Morgan fingerprint density at radius 1 is 1.42 bits per heavy atom. The maximum absolute atomic E-state index is 13.6. The van der Waals surface area contributed by atoms with E-state index in [1.165, 1.54) is 24.4 Å². The summed E-state index contributed by atoms with van der Waals surface area (Å²) in [6, 6.07) is 5.80. The number of hydrogen-bond acceptors (Lipinski definition) is 3. The zero-order valence-corrected chi connectivity index (χ0v) is 11.4. The van der Waals surface area contributed by atoms with E-state index >= 15 is 0 Å². The van der Waals surface area contributed by atoms with Crippen LogP contribution in [0.3, 0.4) is 0 Å². The minimum Gasteiger partial charge on any atom is -0.478 e. The SMILES string of the molecule is Cc1ccc(Oc2ncc(Br)cc2F)c(C(=O)O)c1. The molecule has 0 unspecified atom stereocenters. The number of nitrogens with zero attached hydrogens (tertiary/aromatic N) is 1. The smallest absolute Gasteiger partial charge is 0.339 e. The van der Waals surface area contributed by atoms with Gasteiger partial charge >= 0.3 is 5.97 Å². The van der Waals surface area contributed by atoms with Gasteiger partial charge in [-0.3, -0.25) is 0 Å². The number of aromatic nitrogens is 1. The Hall–Kier alpha value is -1.95. The number of aromatic carboxylic acids is 1. The maximum Gasteiger partial charge on any atom is 0.339 e. The summed E-state index contributed by atoms with van der Waals surface area (Å²) in [6.07, 6.45) is 1.37. The van der Waals surface area contributed by atoms with Gasteiger partial charge in [0.2, 0.25) is 0 Å². The van der Waals surface area contributed by atoms with E-state index in [-0.39, 0.29) is 17.2 Å². The van der Waals surface area contributed by atoms with Gasteiger partial charge in [-0.1, -0.05) is 11.6 Å². The van der Waals surface area contributed by atoms with Crippen LogP contribution >= 0.6 is 15.9 Å². The predicted molar refractivity (Wildman–Crippen MR) is 70.1 cm³/mol.